The lowest BCUT2D eigenvalue weighted by Crippen LogP contribution is -2.30. The summed E-state index contributed by atoms with van der Waals surface area (Å²) in [5.41, 5.74) is 4.88. The zero-order valence-corrected chi connectivity index (χ0v) is 14.9. The maximum Gasteiger partial charge on any atom is 0.254 e. The van der Waals surface area contributed by atoms with Crippen LogP contribution in [0.5, 0.6) is 0 Å². The molecule has 0 bridgehead atoms. The van der Waals surface area contributed by atoms with Crippen molar-refractivity contribution in [3.8, 4) is 0 Å². The van der Waals surface area contributed by atoms with Crippen molar-refractivity contribution in [1.29, 1.82) is 0 Å². The van der Waals surface area contributed by atoms with Crippen LogP contribution in [0.15, 0.2) is 42.5 Å². The molecule has 132 valence electrons. The van der Waals surface area contributed by atoms with Gasteiger partial charge in [0, 0.05) is 12.1 Å². The van der Waals surface area contributed by atoms with Crippen LogP contribution < -0.4 is 0 Å². The van der Waals surface area contributed by atoms with Gasteiger partial charge in [-0.3, -0.25) is 4.79 Å². The first-order valence-corrected chi connectivity index (χ1v) is 8.84. The Kier molecular flexibility index (Phi) is 4.15. The fourth-order valence-electron chi connectivity index (χ4n) is 3.57. The summed E-state index contributed by atoms with van der Waals surface area (Å²) in [5.74, 6) is -0.276. The molecule has 2 aromatic carbocycles. The zero-order chi connectivity index (χ0) is 18.3. The lowest BCUT2D eigenvalue weighted by atomic mass is 10.0. The van der Waals surface area contributed by atoms with Crippen molar-refractivity contribution in [1.82, 2.24) is 14.9 Å². The molecule has 1 fully saturated rings. The molecule has 3 aromatic rings. The molecule has 1 atom stereocenters. The SMILES string of the molecule is Cc1nc2ccc(C(=O)N3CCCC3c3ccc(F)cc3)cc2nc1C. The van der Waals surface area contributed by atoms with Gasteiger partial charge >= 0.3 is 0 Å². The van der Waals surface area contributed by atoms with Crippen molar-refractivity contribution >= 4 is 16.9 Å². The van der Waals surface area contributed by atoms with Crippen LogP contribution in [0.3, 0.4) is 0 Å². The largest absolute Gasteiger partial charge is 0.332 e. The normalized spacial score (nSPS) is 17.0. The lowest BCUT2D eigenvalue weighted by Gasteiger charge is -2.25. The summed E-state index contributed by atoms with van der Waals surface area (Å²) in [6.07, 6.45) is 1.84. The molecule has 0 N–H and O–H groups in total. The predicted molar refractivity (Wildman–Crippen MR) is 98.4 cm³/mol. The average Bonchev–Trinajstić information content (AvgIpc) is 3.12. The Hall–Kier alpha value is -2.82. The summed E-state index contributed by atoms with van der Waals surface area (Å²) < 4.78 is 13.2. The number of benzene rings is 2. The fourth-order valence-corrected chi connectivity index (χ4v) is 3.57. The molecule has 1 unspecified atom stereocenters. The molecule has 5 heteroatoms. The second-order valence-electron chi connectivity index (χ2n) is 6.81. The highest BCUT2D eigenvalue weighted by Crippen LogP contribution is 2.33. The van der Waals surface area contributed by atoms with E-state index in [0.717, 1.165) is 40.8 Å². The number of aryl methyl sites for hydroxylation is 2. The molecule has 2 heterocycles. The highest BCUT2D eigenvalue weighted by Gasteiger charge is 2.30. The van der Waals surface area contributed by atoms with E-state index in [1.807, 2.05) is 36.9 Å². The van der Waals surface area contributed by atoms with E-state index < -0.39 is 0 Å². The molecule has 1 aliphatic heterocycles. The van der Waals surface area contributed by atoms with E-state index in [2.05, 4.69) is 9.97 Å². The molecule has 4 rings (SSSR count). The predicted octanol–water partition coefficient (Wildman–Crippen LogP) is 4.36. The topological polar surface area (TPSA) is 46.1 Å². The molecule has 1 saturated heterocycles. The molecule has 1 aromatic heterocycles. The number of hydrogen-bond donors (Lipinski definition) is 0. The summed E-state index contributed by atoms with van der Waals surface area (Å²) in [4.78, 5) is 24.1. The second-order valence-corrected chi connectivity index (χ2v) is 6.81. The van der Waals surface area contributed by atoms with Crippen molar-refractivity contribution in [3.05, 3.63) is 70.8 Å². The van der Waals surface area contributed by atoms with Crippen LogP contribution in [0.4, 0.5) is 4.39 Å². The number of amides is 1. The third-order valence-electron chi connectivity index (χ3n) is 5.09. The maximum absolute atomic E-state index is 13.2. The molecule has 0 saturated carbocycles. The highest BCUT2D eigenvalue weighted by atomic mass is 19.1. The van der Waals surface area contributed by atoms with Gasteiger partial charge in [-0.1, -0.05) is 12.1 Å². The van der Waals surface area contributed by atoms with Gasteiger partial charge in [0.05, 0.1) is 28.5 Å². The Morgan fingerprint density at radius 3 is 2.46 bits per heavy atom. The Morgan fingerprint density at radius 2 is 1.73 bits per heavy atom. The number of halogens is 1. The van der Waals surface area contributed by atoms with Crippen molar-refractivity contribution in [2.45, 2.75) is 32.7 Å². The quantitative estimate of drug-likeness (QED) is 0.690. The van der Waals surface area contributed by atoms with Crippen LogP contribution in [0.25, 0.3) is 11.0 Å². The van der Waals surface area contributed by atoms with Gasteiger partial charge in [0.1, 0.15) is 5.82 Å². The number of aromatic nitrogens is 2. The van der Waals surface area contributed by atoms with E-state index in [-0.39, 0.29) is 17.8 Å². The molecular weight excluding hydrogens is 329 g/mol. The number of carbonyl (C=O) groups is 1. The van der Waals surface area contributed by atoms with Gasteiger partial charge < -0.3 is 4.90 Å². The second kappa shape index (κ2) is 6.48. The Labute approximate surface area is 151 Å². The van der Waals surface area contributed by atoms with Gasteiger partial charge in [0.15, 0.2) is 0 Å². The Morgan fingerprint density at radius 1 is 1.04 bits per heavy atom. The van der Waals surface area contributed by atoms with E-state index in [1.165, 1.54) is 12.1 Å². The summed E-state index contributed by atoms with van der Waals surface area (Å²) in [6, 6.07) is 11.9. The standard InChI is InChI=1S/C21H20FN3O/c1-13-14(2)24-19-12-16(7-10-18(19)23-13)21(26)25-11-3-4-20(25)15-5-8-17(22)9-6-15/h5-10,12,20H,3-4,11H2,1-2H3. The molecule has 26 heavy (non-hydrogen) atoms. The van der Waals surface area contributed by atoms with E-state index in [0.29, 0.717) is 12.1 Å². The third-order valence-corrected chi connectivity index (χ3v) is 5.09. The van der Waals surface area contributed by atoms with Crippen molar-refractivity contribution < 1.29 is 9.18 Å². The number of fused-ring (bicyclic) bond motifs is 1. The minimum atomic E-state index is -0.261. The van der Waals surface area contributed by atoms with Crippen molar-refractivity contribution in [2.75, 3.05) is 6.54 Å². The number of likely N-dealkylation sites (tertiary alicyclic amines) is 1. The fraction of sp³-hybridized carbons (Fsp3) is 0.286. The van der Waals surface area contributed by atoms with E-state index in [9.17, 15) is 9.18 Å². The van der Waals surface area contributed by atoms with E-state index in [4.69, 9.17) is 0 Å². The van der Waals surface area contributed by atoms with Crippen molar-refractivity contribution in [3.63, 3.8) is 0 Å². The monoisotopic (exact) mass is 349 g/mol. The molecule has 1 aliphatic rings. The van der Waals surface area contributed by atoms with Gasteiger partial charge in [-0.25, -0.2) is 14.4 Å². The first-order chi connectivity index (χ1) is 12.5. The minimum Gasteiger partial charge on any atom is -0.332 e. The number of nitrogens with zero attached hydrogens (tertiary/aromatic N) is 3. The molecule has 1 amide bonds. The van der Waals surface area contributed by atoms with Crippen LogP contribution in [0.2, 0.25) is 0 Å². The Balaban J connectivity index is 1.66. The summed E-state index contributed by atoms with van der Waals surface area (Å²) in [6.45, 7) is 4.55. The van der Waals surface area contributed by atoms with Crippen molar-refractivity contribution in [2.24, 2.45) is 0 Å². The molecular formula is C21H20FN3O. The highest BCUT2D eigenvalue weighted by molar-refractivity contribution is 5.97. The van der Waals surface area contributed by atoms with Crippen LogP contribution >= 0.6 is 0 Å². The molecule has 0 aliphatic carbocycles. The van der Waals surface area contributed by atoms with E-state index >= 15 is 0 Å². The average molecular weight is 349 g/mol. The molecule has 0 radical (unpaired) electrons. The first-order valence-electron chi connectivity index (χ1n) is 8.84. The lowest BCUT2D eigenvalue weighted by molar-refractivity contribution is 0.0736. The van der Waals surface area contributed by atoms with Crippen LogP contribution in [0, 0.1) is 19.7 Å². The van der Waals surface area contributed by atoms with Gasteiger partial charge in [0.2, 0.25) is 0 Å². The number of hydrogen-bond acceptors (Lipinski definition) is 3. The summed E-state index contributed by atoms with van der Waals surface area (Å²) in [5, 5.41) is 0. The third kappa shape index (κ3) is 2.94. The Bertz CT molecular complexity index is 984. The smallest absolute Gasteiger partial charge is 0.254 e. The van der Waals surface area contributed by atoms with Gasteiger partial charge in [-0.05, 0) is 62.6 Å². The molecule has 4 nitrogen and oxygen atoms in total. The summed E-state index contributed by atoms with van der Waals surface area (Å²) >= 11 is 0. The van der Waals surface area contributed by atoms with Crippen LogP contribution in [-0.4, -0.2) is 27.3 Å². The van der Waals surface area contributed by atoms with Gasteiger partial charge in [-0.2, -0.15) is 0 Å². The van der Waals surface area contributed by atoms with E-state index in [1.54, 1.807) is 12.1 Å². The van der Waals surface area contributed by atoms with Crippen LogP contribution in [0.1, 0.15) is 46.2 Å². The van der Waals surface area contributed by atoms with Gasteiger partial charge in [0.25, 0.3) is 5.91 Å². The minimum absolute atomic E-state index is 0.00960. The number of rotatable bonds is 2. The molecule has 0 spiro atoms. The van der Waals surface area contributed by atoms with Crippen LogP contribution in [-0.2, 0) is 0 Å². The number of carbonyl (C=O) groups excluding carboxylic acids is 1. The zero-order valence-electron chi connectivity index (χ0n) is 14.9. The first kappa shape index (κ1) is 16.6. The summed E-state index contributed by atoms with van der Waals surface area (Å²) in [7, 11) is 0. The maximum atomic E-state index is 13.2. The van der Waals surface area contributed by atoms with Gasteiger partial charge in [-0.15, -0.1) is 0 Å².